The van der Waals surface area contributed by atoms with Crippen LogP contribution >= 0.6 is 0 Å². The maximum absolute atomic E-state index is 5.71. The Kier molecular flexibility index (Phi) is 1.72. The summed E-state index contributed by atoms with van der Waals surface area (Å²) in [6.45, 7) is 7.97. The topological polar surface area (TPSA) is 27.7 Å². The number of ether oxygens (including phenoxy) is 3. The van der Waals surface area contributed by atoms with E-state index in [1.807, 2.05) is 27.7 Å². The van der Waals surface area contributed by atoms with Gasteiger partial charge < -0.3 is 14.2 Å². The van der Waals surface area contributed by atoms with E-state index in [9.17, 15) is 0 Å². The van der Waals surface area contributed by atoms with Crippen LogP contribution in [0.25, 0.3) is 0 Å². The first-order valence-corrected chi connectivity index (χ1v) is 4.51. The molecule has 3 nitrogen and oxygen atoms in total. The first-order chi connectivity index (χ1) is 5.49. The zero-order valence-electron chi connectivity index (χ0n) is 8.03. The number of fused-ring (bicyclic) bond motifs is 1. The highest BCUT2D eigenvalue weighted by Crippen LogP contribution is 2.38. The third kappa shape index (κ3) is 1.16. The SMILES string of the molecule is CC1O[C@H](C)C2OC(C)(C)O[C@@H]12. The van der Waals surface area contributed by atoms with Gasteiger partial charge in [-0.05, 0) is 27.7 Å². The molecule has 2 saturated heterocycles. The second-order valence-corrected chi connectivity index (χ2v) is 4.11. The van der Waals surface area contributed by atoms with Gasteiger partial charge in [0.05, 0.1) is 12.2 Å². The summed E-state index contributed by atoms with van der Waals surface area (Å²) in [6, 6.07) is 0. The van der Waals surface area contributed by atoms with E-state index in [-0.39, 0.29) is 24.4 Å². The van der Waals surface area contributed by atoms with Gasteiger partial charge in [-0.1, -0.05) is 0 Å². The van der Waals surface area contributed by atoms with Crippen molar-refractivity contribution in [2.24, 2.45) is 0 Å². The lowest BCUT2D eigenvalue weighted by Crippen LogP contribution is -2.27. The van der Waals surface area contributed by atoms with E-state index >= 15 is 0 Å². The summed E-state index contributed by atoms with van der Waals surface area (Å²) in [7, 11) is 0. The predicted molar refractivity (Wildman–Crippen MR) is 43.8 cm³/mol. The summed E-state index contributed by atoms with van der Waals surface area (Å²) >= 11 is 0. The van der Waals surface area contributed by atoms with Gasteiger partial charge in [-0.3, -0.25) is 0 Å². The van der Waals surface area contributed by atoms with Gasteiger partial charge in [-0.2, -0.15) is 0 Å². The first kappa shape index (κ1) is 8.48. The molecule has 2 aliphatic heterocycles. The van der Waals surface area contributed by atoms with Crippen LogP contribution in [0, 0.1) is 0 Å². The third-order valence-electron chi connectivity index (χ3n) is 2.52. The molecule has 2 rings (SSSR count). The Balaban J connectivity index is 2.15. The molecule has 2 heterocycles. The molecule has 0 saturated carbocycles. The average molecular weight is 172 g/mol. The number of rotatable bonds is 0. The number of hydrogen-bond donors (Lipinski definition) is 0. The normalized spacial score (nSPS) is 51.0. The summed E-state index contributed by atoms with van der Waals surface area (Å²) in [5.74, 6) is -0.429. The van der Waals surface area contributed by atoms with Gasteiger partial charge in [0.2, 0.25) is 0 Å². The molecule has 0 radical (unpaired) electrons. The van der Waals surface area contributed by atoms with Crippen LogP contribution in [0.1, 0.15) is 27.7 Å². The van der Waals surface area contributed by atoms with Crippen molar-refractivity contribution in [2.75, 3.05) is 0 Å². The molecule has 0 aliphatic carbocycles. The molecule has 2 fully saturated rings. The van der Waals surface area contributed by atoms with Crippen molar-refractivity contribution in [3.63, 3.8) is 0 Å². The molecule has 4 atom stereocenters. The minimum atomic E-state index is -0.429. The van der Waals surface area contributed by atoms with Crippen molar-refractivity contribution in [3.8, 4) is 0 Å². The van der Waals surface area contributed by atoms with Crippen molar-refractivity contribution in [1.82, 2.24) is 0 Å². The van der Waals surface area contributed by atoms with Crippen LogP contribution in [0.15, 0.2) is 0 Å². The largest absolute Gasteiger partial charge is 0.370 e. The number of hydrogen-bond acceptors (Lipinski definition) is 3. The molecule has 12 heavy (non-hydrogen) atoms. The van der Waals surface area contributed by atoms with E-state index in [1.165, 1.54) is 0 Å². The molecule has 0 bridgehead atoms. The first-order valence-electron chi connectivity index (χ1n) is 4.51. The zero-order chi connectivity index (χ0) is 8.93. The van der Waals surface area contributed by atoms with E-state index in [2.05, 4.69) is 0 Å². The molecule has 2 unspecified atom stereocenters. The lowest BCUT2D eigenvalue weighted by Gasteiger charge is -2.21. The standard InChI is InChI=1S/C9H16O3/c1-5-7-8(6(2)10-5)12-9(3,4)11-7/h5-8H,1-4H3/t5-,6?,7?,8+/m1/s1. The van der Waals surface area contributed by atoms with Gasteiger partial charge >= 0.3 is 0 Å². The Morgan fingerprint density at radius 1 is 0.917 bits per heavy atom. The average Bonchev–Trinajstić information content (AvgIpc) is 2.34. The maximum Gasteiger partial charge on any atom is 0.164 e. The van der Waals surface area contributed by atoms with Crippen LogP contribution in [0.2, 0.25) is 0 Å². The van der Waals surface area contributed by atoms with Gasteiger partial charge in [0.1, 0.15) is 12.2 Å². The van der Waals surface area contributed by atoms with Crippen molar-refractivity contribution < 1.29 is 14.2 Å². The summed E-state index contributed by atoms with van der Waals surface area (Å²) in [4.78, 5) is 0. The van der Waals surface area contributed by atoms with Crippen molar-refractivity contribution in [1.29, 1.82) is 0 Å². The van der Waals surface area contributed by atoms with Crippen LogP contribution in [-0.2, 0) is 14.2 Å². The summed E-state index contributed by atoms with van der Waals surface area (Å²) in [5.41, 5.74) is 0. The van der Waals surface area contributed by atoms with E-state index in [0.717, 1.165) is 0 Å². The highest BCUT2D eigenvalue weighted by Gasteiger charge is 2.51. The van der Waals surface area contributed by atoms with Crippen molar-refractivity contribution in [3.05, 3.63) is 0 Å². The molecule has 2 aliphatic rings. The molecule has 0 N–H and O–H groups in total. The maximum atomic E-state index is 5.71. The lowest BCUT2D eigenvalue weighted by molar-refractivity contribution is -0.183. The highest BCUT2D eigenvalue weighted by molar-refractivity contribution is 4.94. The monoisotopic (exact) mass is 172 g/mol. The van der Waals surface area contributed by atoms with Crippen LogP contribution in [0.5, 0.6) is 0 Å². The molecular weight excluding hydrogens is 156 g/mol. The van der Waals surface area contributed by atoms with Gasteiger partial charge in [0, 0.05) is 0 Å². The lowest BCUT2D eigenvalue weighted by atomic mass is 10.1. The Morgan fingerprint density at radius 3 is 1.75 bits per heavy atom. The molecule has 3 heteroatoms. The fraction of sp³-hybridized carbons (Fsp3) is 1.00. The molecular formula is C9H16O3. The van der Waals surface area contributed by atoms with Gasteiger partial charge in [0.15, 0.2) is 5.79 Å². The van der Waals surface area contributed by atoms with E-state index in [0.29, 0.717) is 0 Å². The second-order valence-electron chi connectivity index (χ2n) is 4.11. The minimum absolute atomic E-state index is 0.120. The highest BCUT2D eigenvalue weighted by atomic mass is 16.8. The second kappa shape index (κ2) is 2.44. The fourth-order valence-electron chi connectivity index (χ4n) is 2.04. The van der Waals surface area contributed by atoms with Crippen LogP contribution < -0.4 is 0 Å². The molecule has 0 aromatic rings. The van der Waals surface area contributed by atoms with Crippen LogP contribution in [0.4, 0.5) is 0 Å². The van der Waals surface area contributed by atoms with Gasteiger partial charge in [0.25, 0.3) is 0 Å². The summed E-state index contributed by atoms with van der Waals surface area (Å²) < 4.78 is 17.0. The smallest absolute Gasteiger partial charge is 0.164 e. The molecule has 70 valence electrons. The van der Waals surface area contributed by atoms with Crippen molar-refractivity contribution in [2.45, 2.75) is 57.9 Å². The Hall–Kier alpha value is -0.120. The van der Waals surface area contributed by atoms with Crippen LogP contribution in [-0.4, -0.2) is 30.2 Å². The van der Waals surface area contributed by atoms with Gasteiger partial charge in [-0.15, -0.1) is 0 Å². The molecule has 0 amide bonds. The van der Waals surface area contributed by atoms with Crippen molar-refractivity contribution >= 4 is 0 Å². The summed E-state index contributed by atoms with van der Waals surface area (Å²) in [5, 5.41) is 0. The quantitative estimate of drug-likeness (QED) is 0.551. The van der Waals surface area contributed by atoms with E-state index in [1.54, 1.807) is 0 Å². The van der Waals surface area contributed by atoms with E-state index < -0.39 is 5.79 Å². The predicted octanol–water partition coefficient (Wildman–Crippen LogP) is 1.31. The van der Waals surface area contributed by atoms with Gasteiger partial charge in [-0.25, -0.2) is 0 Å². The fourth-order valence-corrected chi connectivity index (χ4v) is 2.04. The minimum Gasteiger partial charge on any atom is -0.370 e. The Labute approximate surface area is 73.0 Å². The Morgan fingerprint density at radius 2 is 1.33 bits per heavy atom. The molecule has 0 spiro atoms. The van der Waals surface area contributed by atoms with Crippen LogP contribution in [0.3, 0.4) is 0 Å². The van der Waals surface area contributed by atoms with E-state index in [4.69, 9.17) is 14.2 Å². The summed E-state index contributed by atoms with van der Waals surface area (Å²) in [6.07, 6.45) is 0.559. The molecule has 0 aromatic carbocycles. The Bertz CT molecular complexity index is 172. The third-order valence-corrected chi connectivity index (χ3v) is 2.52. The zero-order valence-corrected chi connectivity index (χ0v) is 8.03. The molecule has 0 aromatic heterocycles.